The van der Waals surface area contributed by atoms with E-state index in [1.165, 1.54) is 0 Å². The lowest BCUT2D eigenvalue weighted by atomic mass is 11.6. The molecule has 0 aromatic rings. The van der Waals surface area contributed by atoms with Gasteiger partial charge in [0.15, 0.2) is 6.38 Å². The monoisotopic (exact) mass is 80.0 g/mol. The van der Waals surface area contributed by atoms with Crippen LogP contribution in [0.2, 0.25) is 0 Å². The summed E-state index contributed by atoms with van der Waals surface area (Å²) in [6.45, 7) is 0. The summed E-state index contributed by atoms with van der Waals surface area (Å²) in [5.41, 5.74) is 4.97. The van der Waals surface area contributed by atoms with Crippen LogP contribution in [-0.4, -0.2) is 12.4 Å². The van der Waals surface area contributed by atoms with Crippen LogP contribution in [0.25, 0.3) is 0 Å². The summed E-state index contributed by atoms with van der Waals surface area (Å²) < 4.78 is 0. The fraction of sp³-hybridized carbons (Fsp3) is 1.00. The highest BCUT2D eigenvalue weighted by Crippen LogP contribution is 1.43. The molecule has 0 radical (unpaired) electrons. The van der Waals surface area contributed by atoms with Gasteiger partial charge in [0.05, 0.1) is 0 Å². The zero-order valence-corrected chi connectivity index (χ0v) is 3.42. The number of halogens is 1. The van der Waals surface area contributed by atoms with Crippen LogP contribution in [0, 0.1) is 10.8 Å². The van der Waals surface area contributed by atoms with Crippen LogP contribution in [0.3, 0.4) is 0 Å². The molecule has 0 spiro atoms. The number of hydrogen-bond acceptors (Lipinski definition) is 1. The molecule has 0 rings (SSSR count). The molecular formula is C2H7ClN+. The average Bonchev–Trinajstić information content (AvgIpc) is 1.37. The van der Waals surface area contributed by atoms with Gasteiger partial charge in [0.25, 0.3) is 0 Å². The third kappa shape index (κ3) is 2.25. The van der Waals surface area contributed by atoms with Gasteiger partial charge in [-0.05, 0) is 0 Å². The zero-order chi connectivity index (χ0) is 3.41. The van der Waals surface area contributed by atoms with Crippen LogP contribution in [0.5, 0.6) is 0 Å². The molecule has 0 aliphatic rings. The minimum atomic E-state index is 0.681. The number of nitrogens with two attached hydrogens (primary N) is 1. The third-order valence-electron chi connectivity index (χ3n) is 0.154. The molecule has 2 heteroatoms. The van der Waals surface area contributed by atoms with Crippen molar-refractivity contribution in [2.24, 2.45) is 5.73 Å². The summed E-state index contributed by atoms with van der Waals surface area (Å²) in [5, 5.41) is 0. The second-order valence-corrected chi connectivity index (χ2v) is 1.26. The number of rotatable bonds is 1. The van der Waals surface area contributed by atoms with Crippen LogP contribution in [0.15, 0.2) is 0 Å². The molecule has 0 atom stereocenters. The second-order valence-electron chi connectivity index (χ2n) is 0.422. The average molecular weight is 80.5 g/mol. The van der Waals surface area contributed by atoms with Crippen LogP contribution in [-0.2, 0) is 0 Å². The second kappa shape index (κ2) is 3.25. The lowest BCUT2D eigenvalue weighted by Gasteiger charge is -1.52. The van der Waals surface area contributed by atoms with Gasteiger partial charge in [0.2, 0.25) is 6.00 Å². The van der Waals surface area contributed by atoms with Crippen molar-refractivity contribution in [2.45, 2.75) is 0 Å². The maximum Gasteiger partial charge on any atom is 0.221 e. The Balaban J connectivity index is 1.97. The fourth-order valence-electron chi connectivity index (χ4n) is 0. The molecule has 0 saturated carbocycles. The first-order chi connectivity index (χ1) is 1.91. The Morgan fingerprint density at radius 2 is 2.25 bits per heavy atom. The highest BCUT2D eigenvalue weighted by atomic mass is 35.5. The number of hydrogen-bond donors (Lipinski definition) is 1. The minimum Gasteiger partial charge on any atom is -0.280 e. The van der Waals surface area contributed by atoms with E-state index in [-0.39, 0.29) is 0 Å². The highest BCUT2D eigenvalue weighted by molar-refractivity contribution is 3.77. The van der Waals surface area contributed by atoms with Crippen LogP contribution in [0.4, 0.5) is 0 Å². The van der Waals surface area contributed by atoms with Crippen molar-refractivity contribution in [3.63, 3.8) is 0 Å². The zero-order valence-electron chi connectivity index (χ0n) is 2.66. The molecule has 0 saturated heterocycles. The normalized spacial score (nSPS) is 7.50. The lowest BCUT2D eigenvalue weighted by Crippen LogP contribution is -1.97. The summed E-state index contributed by atoms with van der Waals surface area (Å²) >= 11 is 0. The van der Waals surface area contributed by atoms with Crippen LogP contribution >= 0.6 is 0 Å². The SMILES string of the molecule is C[Cl+]CN. The third-order valence-corrected chi connectivity index (χ3v) is 0.463. The Kier molecular flexibility index (Phi) is 3.45. The Hall–Kier alpha value is 0.250. The number of alkyl halides is 2. The molecule has 0 fully saturated rings. The first-order valence-electron chi connectivity index (χ1n) is 1.05. The molecule has 0 bridgehead atoms. The summed E-state index contributed by atoms with van der Waals surface area (Å²) in [7, 11) is 1.99. The summed E-state index contributed by atoms with van der Waals surface area (Å²) in [5.74, 6) is 0. The van der Waals surface area contributed by atoms with Crippen molar-refractivity contribution < 1.29 is 10.8 Å². The van der Waals surface area contributed by atoms with Crippen molar-refractivity contribution >= 4 is 0 Å². The van der Waals surface area contributed by atoms with E-state index in [2.05, 4.69) is 0 Å². The molecule has 1 nitrogen and oxygen atoms in total. The standard InChI is InChI=1S/C2H7ClN/c1-3-2-4/h2,4H2,1H3/q+1. The first-order valence-corrected chi connectivity index (χ1v) is 2.34. The van der Waals surface area contributed by atoms with Crippen molar-refractivity contribution in [3.05, 3.63) is 0 Å². The van der Waals surface area contributed by atoms with E-state index in [1.807, 2.05) is 17.2 Å². The van der Waals surface area contributed by atoms with Crippen LogP contribution in [0.1, 0.15) is 0 Å². The Morgan fingerprint density at radius 3 is 2.25 bits per heavy atom. The molecule has 0 heterocycles. The predicted molar refractivity (Wildman–Crippen MR) is 15.0 cm³/mol. The van der Waals surface area contributed by atoms with Crippen molar-refractivity contribution in [1.82, 2.24) is 0 Å². The maximum atomic E-state index is 4.97. The highest BCUT2D eigenvalue weighted by Gasteiger charge is 1.74. The molecule has 0 aliphatic carbocycles. The van der Waals surface area contributed by atoms with Gasteiger partial charge in [-0.1, -0.05) is 0 Å². The lowest BCUT2D eigenvalue weighted by molar-refractivity contribution is -0.625. The van der Waals surface area contributed by atoms with Gasteiger partial charge in [-0.15, -0.1) is 0 Å². The van der Waals surface area contributed by atoms with E-state index >= 15 is 0 Å². The molecule has 26 valence electrons. The fourth-order valence-corrected chi connectivity index (χ4v) is 0. The minimum absolute atomic E-state index is 0.681. The predicted octanol–water partition coefficient (Wildman–Crippen LogP) is -0.383. The molecule has 0 aromatic carbocycles. The molecule has 0 aliphatic heterocycles. The Labute approximate surface area is 29.9 Å². The van der Waals surface area contributed by atoms with Gasteiger partial charge in [-0.25, -0.2) is 0 Å². The van der Waals surface area contributed by atoms with Crippen molar-refractivity contribution in [2.75, 3.05) is 12.4 Å². The van der Waals surface area contributed by atoms with E-state index in [0.717, 1.165) is 0 Å². The summed E-state index contributed by atoms with van der Waals surface area (Å²) in [6, 6.07) is 0.681. The van der Waals surface area contributed by atoms with Gasteiger partial charge >= 0.3 is 0 Å². The van der Waals surface area contributed by atoms with Crippen LogP contribution < -0.4 is 5.73 Å². The smallest absolute Gasteiger partial charge is 0.221 e. The first kappa shape index (κ1) is 4.25. The van der Waals surface area contributed by atoms with E-state index in [0.29, 0.717) is 6.00 Å². The molecule has 0 amide bonds. The Bertz CT molecular complexity index is 8.00. The molecular weight excluding hydrogens is 73.5 g/mol. The molecule has 0 aromatic heterocycles. The quantitative estimate of drug-likeness (QED) is 0.337. The van der Waals surface area contributed by atoms with Gasteiger partial charge in [0.1, 0.15) is 10.8 Å². The van der Waals surface area contributed by atoms with E-state index in [1.54, 1.807) is 0 Å². The van der Waals surface area contributed by atoms with E-state index in [4.69, 9.17) is 5.73 Å². The molecule has 0 unspecified atom stereocenters. The molecule has 4 heavy (non-hydrogen) atoms. The molecule has 2 N–H and O–H groups in total. The summed E-state index contributed by atoms with van der Waals surface area (Å²) in [4.78, 5) is 0. The summed E-state index contributed by atoms with van der Waals surface area (Å²) in [6.07, 6.45) is 1.92. The van der Waals surface area contributed by atoms with E-state index in [9.17, 15) is 0 Å². The topological polar surface area (TPSA) is 26.0 Å². The maximum absolute atomic E-state index is 4.97. The van der Waals surface area contributed by atoms with Crippen molar-refractivity contribution in [3.8, 4) is 0 Å². The van der Waals surface area contributed by atoms with Gasteiger partial charge < -0.3 is 0 Å². The van der Waals surface area contributed by atoms with Gasteiger partial charge in [-0.3, -0.25) is 5.73 Å². The van der Waals surface area contributed by atoms with E-state index < -0.39 is 0 Å². The Morgan fingerprint density at radius 1 is 2.00 bits per heavy atom. The van der Waals surface area contributed by atoms with Gasteiger partial charge in [-0.2, -0.15) is 0 Å². The largest absolute Gasteiger partial charge is 0.280 e. The van der Waals surface area contributed by atoms with Crippen molar-refractivity contribution in [1.29, 1.82) is 0 Å². The van der Waals surface area contributed by atoms with Gasteiger partial charge in [0, 0.05) is 0 Å².